The van der Waals surface area contributed by atoms with Gasteiger partial charge in [-0.05, 0) is 24.6 Å². The van der Waals surface area contributed by atoms with Gasteiger partial charge in [0.25, 0.3) is 0 Å². The first-order chi connectivity index (χ1) is 15.1. The molecule has 2 aromatic rings. The molecule has 9 heteroatoms. The molecule has 1 aromatic heterocycles. The van der Waals surface area contributed by atoms with E-state index in [4.69, 9.17) is 14.2 Å². The van der Waals surface area contributed by atoms with E-state index in [2.05, 4.69) is 43.0 Å². The first-order valence-corrected chi connectivity index (χ1v) is 11.4. The summed E-state index contributed by atoms with van der Waals surface area (Å²) in [6, 6.07) is 6.28. The van der Waals surface area contributed by atoms with E-state index in [0.717, 1.165) is 67.4 Å². The van der Waals surface area contributed by atoms with Crippen LogP contribution in [0.15, 0.2) is 28.6 Å². The van der Waals surface area contributed by atoms with Crippen LogP contribution in [-0.4, -0.2) is 76.5 Å². The third kappa shape index (κ3) is 6.56. The Hall–Kier alpha value is -2.36. The number of methoxy groups -OCH3 is 2. The molecular formula is C22H33N5O3S. The van der Waals surface area contributed by atoms with E-state index in [0.29, 0.717) is 6.54 Å². The van der Waals surface area contributed by atoms with E-state index in [1.807, 2.05) is 13.0 Å². The Morgan fingerprint density at radius 2 is 2.00 bits per heavy atom. The molecule has 1 fully saturated rings. The van der Waals surface area contributed by atoms with Gasteiger partial charge in [-0.3, -0.25) is 9.89 Å². The fraction of sp³-hybridized carbons (Fsp3) is 0.545. The summed E-state index contributed by atoms with van der Waals surface area (Å²) in [4.78, 5) is 11.3. The third-order valence-electron chi connectivity index (χ3n) is 5.31. The minimum absolute atomic E-state index is 0.156. The highest BCUT2D eigenvalue weighted by Crippen LogP contribution is 2.32. The SMILES string of the molecule is CN=C(NCCc1csc(C)n1)NCC(c1ccc(OC)c(OC)c1)N1CCOCC1. The number of nitrogens with one attached hydrogen (secondary N) is 2. The number of ether oxygens (including phenoxy) is 3. The van der Waals surface area contributed by atoms with Crippen molar-refractivity contribution in [3.8, 4) is 11.5 Å². The molecule has 8 nitrogen and oxygen atoms in total. The minimum Gasteiger partial charge on any atom is -0.493 e. The van der Waals surface area contributed by atoms with E-state index in [9.17, 15) is 0 Å². The average molecular weight is 448 g/mol. The van der Waals surface area contributed by atoms with Gasteiger partial charge >= 0.3 is 0 Å². The van der Waals surface area contributed by atoms with Crippen molar-refractivity contribution in [3.05, 3.63) is 39.8 Å². The zero-order valence-corrected chi connectivity index (χ0v) is 19.6. The second-order valence-corrected chi connectivity index (χ2v) is 8.33. The molecular weight excluding hydrogens is 414 g/mol. The lowest BCUT2D eigenvalue weighted by atomic mass is 10.0. The zero-order chi connectivity index (χ0) is 22.1. The highest BCUT2D eigenvalue weighted by molar-refractivity contribution is 7.09. The number of morpholine rings is 1. The number of hydrogen-bond acceptors (Lipinski definition) is 7. The van der Waals surface area contributed by atoms with Crippen LogP contribution in [0.2, 0.25) is 0 Å². The van der Waals surface area contributed by atoms with Crippen molar-refractivity contribution < 1.29 is 14.2 Å². The fourth-order valence-corrected chi connectivity index (χ4v) is 4.30. The molecule has 0 spiro atoms. The minimum atomic E-state index is 0.156. The Bertz CT molecular complexity index is 851. The Kier molecular flexibility index (Phi) is 8.93. The lowest BCUT2D eigenvalue weighted by Crippen LogP contribution is -2.46. The number of guanidine groups is 1. The quantitative estimate of drug-likeness (QED) is 0.451. The highest BCUT2D eigenvalue weighted by Gasteiger charge is 2.24. The smallest absolute Gasteiger partial charge is 0.191 e. The molecule has 1 atom stereocenters. The lowest BCUT2D eigenvalue weighted by Gasteiger charge is -2.35. The Morgan fingerprint density at radius 1 is 1.23 bits per heavy atom. The molecule has 3 rings (SSSR count). The number of nitrogens with zero attached hydrogens (tertiary/aromatic N) is 3. The van der Waals surface area contributed by atoms with Crippen LogP contribution in [0.5, 0.6) is 11.5 Å². The summed E-state index contributed by atoms with van der Waals surface area (Å²) in [5, 5.41) is 10.1. The van der Waals surface area contributed by atoms with Crippen molar-refractivity contribution in [2.75, 3.05) is 60.7 Å². The normalized spacial score (nSPS) is 16.1. The zero-order valence-electron chi connectivity index (χ0n) is 18.8. The second kappa shape index (κ2) is 11.9. The molecule has 0 saturated carbocycles. The first kappa shape index (κ1) is 23.3. The molecule has 1 unspecified atom stereocenters. The molecule has 2 heterocycles. The monoisotopic (exact) mass is 447 g/mol. The maximum atomic E-state index is 5.56. The standard InChI is InChI=1S/C22H33N5O3S/c1-16-26-18(15-31-16)7-8-24-22(23-2)25-14-19(27-9-11-30-12-10-27)17-5-6-20(28-3)21(13-17)29-4/h5-6,13,15,19H,7-12,14H2,1-4H3,(H2,23,24,25). The van der Waals surface area contributed by atoms with Gasteiger partial charge in [0, 0.05) is 45.0 Å². The third-order valence-corrected chi connectivity index (χ3v) is 6.13. The van der Waals surface area contributed by atoms with Gasteiger partial charge in [-0.2, -0.15) is 0 Å². The number of thiazole rings is 1. The summed E-state index contributed by atoms with van der Waals surface area (Å²) in [5.74, 6) is 2.25. The molecule has 2 N–H and O–H groups in total. The van der Waals surface area contributed by atoms with Crippen LogP contribution < -0.4 is 20.1 Å². The molecule has 1 aromatic carbocycles. The maximum Gasteiger partial charge on any atom is 0.191 e. The lowest BCUT2D eigenvalue weighted by molar-refractivity contribution is 0.0169. The number of aryl methyl sites for hydroxylation is 1. The fourth-order valence-electron chi connectivity index (χ4n) is 3.65. The molecule has 31 heavy (non-hydrogen) atoms. The van der Waals surface area contributed by atoms with Crippen molar-refractivity contribution in [1.82, 2.24) is 20.5 Å². The van der Waals surface area contributed by atoms with Gasteiger partial charge in [0.05, 0.1) is 44.2 Å². The number of rotatable bonds is 9. The van der Waals surface area contributed by atoms with E-state index in [1.165, 1.54) is 5.56 Å². The number of hydrogen-bond donors (Lipinski definition) is 2. The van der Waals surface area contributed by atoms with Gasteiger partial charge in [-0.15, -0.1) is 11.3 Å². The molecule has 0 amide bonds. The van der Waals surface area contributed by atoms with Crippen LogP contribution in [0.3, 0.4) is 0 Å². The molecule has 0 bridgehead atoms. The van der Waals surface area contributed by atoms with E-state index < -0.39 is 0 Å². The van der Waals surface area contributed by atoms with Crippen molar-refractivity contribution in [1.29, 1.82) is 0 Å². The summed E-state index contributed by atoms with van der Waals surface area (Å²) < 4.78 is 16.5. The van der Waals surface area contributed by atoms with Crippen molar-refractivity contribution in [3.63, 3.8) is 0 Å². The number of aromatic nitrogens is 1. The topological polar surface area (TPSA) is 80.2 Å². The van der Waals surface area contributed by atoms with Gasteiger partial charge in [0.2, 0.25) is 0 Å². The highest BCUT2D eigenvalue weighted by atomic mass is 32.1. The largest absolute Gasteiger partial charge is 0.493 e. The molecule has 1 aliphatic heterocycles. The summed E-state index contributed by atoms with van der Waals surface area (Å²) >= 11 is 1.68. The van der Waals surface area contributed by atoms with E-state index in [1.54, 1.807) is 32.6 Å². The Labute approximate surface area is 188 Å². The molecule has 0 radical (unpaired) electrons. The molecule has 1 saturated heterocycles. The summed E-state index contributed by atoms with van der Waals surface area (Å²) in [6.45, 7) is 6.77. The van der Waals surface area contributed by atoms with Gasteiger partial charge in [0.1, 0.15) is 0 Å². The Morgan fingerprint density at radius 3 is 2.65 bits per heavy atom. The van der Waals surface area contributed by atoms with Crippen LogP contribution in [0.1, 0.15) is 22.3 Å². The van der Waals surface area contributed by atoms with Gasteiger partial charge < -0.3 is 24.8 Å². The summed E-state index contributed by atoms with van der Waals surface area (Å²) in [6.07, 6.45) is 0.869. The first-order valence-electron chi connectivity index (χ1n) is 10.5. The van der Waals surface area contributed by atoms with Gasteiger partial charge in [0.15, 0.2) is 17.5 Å². The van der Waals surface area contributed by atoms with E-state index >= 15 is 0 Å². The predicted molar refractivity (Wildman–Crippen MR) is 125 cm³/mol. The average Bonchev–Trinajstić information content (AvgIpc) is 3.23. The molecule has 170 valence electrons. The van der Waals surface area contributed by atoms with Crippen LogP contribution in [0.4, 0.5) is 0 Å². The van der Waals surface area contributed by atoms with E-state index in [-0.39, 0.29) is 6.04 Å². The number of benzene rings is 1. The molecule has 0 aliphatic carbocycles. The van der Waals surface area contributed by atoms with Crippen LogP contribution in [0, 0.1) is 6.92 Å². The molecule has 1 aliphatic rings. The summed E-state index contributed by atoms with van der Waals surface area (Å²) in [5.41, 5.74) is 2.28. The van der Waals surface area contributed by atoms with Crippen LogP contribution in [-0.2, 0) is 11.2 Å². The van der Waals surface area contributed by atoms with Crippen LogP contribution in [0.25, 0.3) is 0 Å². The maximum absolute atomic E-state index is 5.56. The number of aliphatic imine (C=N–C) groups is 1. The second-order valence-electron chi connectivity index (χ2n) is 7.27. The summed E-state index contributed by atoms with van der Waals surface area (Å²) in [7, 11) is 5.11. The van der Waals surface area contributed by atoms with Crippen molar-refractivity contribution >= 4 is 17.3 Å². The Balaban J connectivity index is 1.65. The predicted octanol–water partition coefficient (Wildman–Crippen LogP) is 2.25. The van der Waals surface area contributed by atoms with Crippen molar-refractivity contribution in [2.24, 2.45) is 4.99 Å². The van der Waals surface area contributed by atoms with Crippen molar-refractivity contribution in [2.45, 2.75) is 19.4 Å². The van der Waals surface area contributed by atoms with Gasteiger partial charge in [-0.25, -0.2) is 4.98 Å². The van der Waals surface area contributed by atoms with Crippen LogP contribution >= 0.6 is 11.3 Å². The van der Waals surface area contributed by atoms with Gasteiger partial charge in [-0.1, -0.05) is 6.07 Å².